The predicted molar refractivity (Wildman–Crippen MR) is 81.2 cm³/mol. The number of hydrogen-bond donors (Lipinski definition) is 3. The molecule has 0 aromatic heterocycles. The number of nitrogens with one attached hydrogen (secondary N) is 2. The number of rotatable bonds is 4. The predicted octanol–water partition coefficient (Wildman–Crippen LogP) is 1.96. The van der Waals surface area contributed by atoms with Crippen LogP contribution in [0.5, 0.6) is 5.75 Å². The average Bonchev–Trinajstić information content (AvgIpc) is 2.50. The molecule has 2 rings (SSSR count). The smallest absolute Gasteiger partial charge is 0.339 e. The SMILES string of the molecule is COc1c(F)ccc(C2(C(=O)O)NC=CC(NC(C)=O)=C2Cl)c1F. The number of benzene rings is 1. The van der Waals surface area contributed by atoms with Crippen molar-refractivity contribution in [2.75, 3.05) is 7.11 Å². The highest BCUT2D eigenvalue weighted by Gasteiger charge is 2.48. The molecule has 1 aliphatic heterocycles. The van der Waals surface area contributed by atoms with Gasteiger partial charge in [-0.1, -0.05) is 11.6 Å². The van der Waals surface area contributed by atoms with E-state index in [-0.39, 0.29) is 10.7 Å². The third kappa shape index (κ3) is 2.69. The van der Waals surface area contributed by atoms with Crippen LogP contribution in [0.4, 0.5) is 8.78 Å². The lowest BCUT2D eigenvalue weighted by molar-refractivity contribution is -0.143. The third-order valence-corrected chi connectivity index (χ3v) is 3.89. The van der Waals surface area contributed by atoms with Gasteiger partial charge >= 0.3 is 5.97 Å². The highest BCUT2D eigenvalue weighted by molar-refractivity contribution is 6.33. The van der Waals surface area contributed by atoms with Crippen LogP contribution in [0.2, 0.25) is 0 Å². The third-order valence-electron chi connectivity index (χ3n) is 3.40. The van der Waals surface area contributed by atoms with E-state index in [0.717, 1.165) is 19.2 Å². The monoisotopic (exact) mass is 358 g/mol. The summed E-state index contributed by atoms with van der Waals surface area (Å²) in [6, 6.07) is 1.81. The van der Waals surface area contributed by atoms with Gasteiger partial charge in [0.15, 0.2) is 17.4 Å². The van der Waals surface area contributed by atoms with Crippen LogP contribution in [0.15, 0.2) is 35.1 Å². The van der Waals surface area contributed by atoms with E-state index in [9.17, 15) is 23.5 Å². The molecular formula is C15H13ClF2N2O4. The Bertz CT molecular complexity index is 779. The number of carbonyl (C=O) groups is 2. The maximum atomic E-state index is 14.6. The summed E-state index contributed by atoms with van der Waals surface area (Å²) in [5.41, 5.74) is -2.74. The summed E-state index contributed by atoms with van der Waals surface area (Å²) in [5, 5.41) is 14.1. The normalized spacial score (nSPS) is 19.7. The minimum Gasteiger partial charge on any atom is -0.491 e. The number of dihydropyridines is 1. The maximum Gasteiger partial charge on any atom is 0.339 e. The maximum absolute atomic E-state index is 14.6. The van der Waals surface area contributed by atoms with Crippen LogP contribution in [-0.4, -0.2) is 24.1 Å². The van der Waals surface area contributed by atoms with E-state index in [2.05, 4.69) is 15.4 Å². The molecule has 0 fully saturated rings. The fourth-order valence-corrected chi connectivity index (χ4v) is 2.70. The van der Waals surface area contributed by atoms with Gasteiger partial charge in [-0.05, 0) is 24.4 Å². The van der Waals surface area contributed by atoms with Crippen LogP contribution in [0.1, 0.15) is 12.5 Å². The molecule has 24 heavy (non-hydrogen) atoms. The molecule has 0 spiro atoms. The summed E-state index contributed by atoms with van der Waals surface area (Å²) in [5.74, 6) is -5.00. The second-order valence-electron chi connectivity index (χ2n) is 4.88. The van der Waals surface area contributed by atoms with Crippen molar-refractivity contribution < 1.29 is 28.2 Å². The molecule has 0 radical (unpaired) electrons. The second-order valence-corrected chi connectivity index (χ2v) is 5.26. The quantitative estimate of drug-likeness (QED) is 0.766. The molecule has 0 saturated carbocycles. The first-order valence-electron chi connectivity index (χ1n) is 6.63. The van der Waals surface area contributed by atoms with Crippen LogP contribution in [0.3, 0.4) is 0 Å². The van der Waals surface area contributed by atoms with Crippen molar-refractivity contribution in [1.82, 2.24) is 10.6 Å². The Balaban J connectivity index is 2.75. The molecule has 1 aromatic carbocycles. The van der Waals surface area contributed by atoms with Crippen LogP contribution in [0.25, 0.3) is 0 Å². The molecule has 9 heteroatoms. The first-order valence-corrected chi connectivity index (χ1v) is 7.01. The summed E-state index contributed by atoms with van der Waals surface area (Å²) in [4.78, 5) is 23.2. The Morgan fingerprint density at radius 1 is 1.38 bits per heavy atom. The minimum atomic E-state index is -2.25. The number of carbonyl (C=O) groups excluding carboxylic acids is 1. The molecule has 1 heterocycles. The summed E-state index contributed by atoms with van der Waals surface area (Å²) in [6.45, 7) is 1.21. The van der Waals surface area contributed by atoms with Gasteiger partial charge in [0.05, 0.1) is 17.8 Å². The van der Waals surface area contributed by atoms with E-state index >= 15 is 0 Å². The highest BCUT2D eigenvalue weighted by Crippen LogP contribution is 2.40. The van der Waals surface area contributed by atoms with Crippen molar-refractivity contribution in [1.29, 1.82) is 0 Å². The van der Waals surface area contributed by atoms with Crippen LogP contribution >= 0.6 is 11.6 Å². The molecule has 128 valence electrons. The topological polar surface area (TPSA) is 87.7 Å². The standard InChI is InChI=1S/C15H13ClF2N2O4/c1-7(21)20-10-5-6-19-15(13(10)16,14(22)23)8-3-4-9(17)12(24-2)11(8)18/h3-6,19H,1-2H3,(H,20,21)(H,22,23). The summed E-state index contributed by atoms with van der Waals surface area (Å²) >= 11 is 6.16. The van der Waals surface area contributed by atoms with E-state index in [1.807, 2.05) is 0 Å². The minimum absolute atomic E-state index is 0.0204. The van der Waals surface area contributed by atoms with E-state index in [1.54, 1.807) is 0 Å². The molecule has 0 saturated heterocycles. The van der Waals surface area contributed by atoms with Crippen LogP contribution in [-0.2, 0) is 15.1 Å². The Labute approximate surface area is 140 Å². The van der Waals surface area contributed by atoms with Gasteiger partial charge in [0.1, 0.15) is 0 Å². The number of carboxylic acids is 1. The number of carboxylic acid groups (broad SMARTS) is 1. The fourth-order valence-electron chi connectivity index (χ4n) is 2.35. The number of halogens is 3. The Morgan fingerprint density at radius 2 is 2.04 bits per heavy atom. The largest absolute Gasteiger partial charge is 0.491 e. The molecule has 1 amide bonds. The lowest BCUT2D eigenvalue weighted by atomic mass is 9.86. The Morgan fingerprint density at radius 3 is 2.58 bits per heavy atom. The molecule has 0 aliphatic carbocycles. The van der Waals surface area contributed by atoms with Crippen molar-refractivity contribution >= 4 is 23.5 Å². The van der Waals surface area contributed by atoms with E-state index < -0.39 is 40.4 Å². The second kappa shape index (κ2) is 6.48. The number of aliphatic carboxylic acids is 1. The van der Waals surface area contributed by atoms with Gasteiger partial charge in [0.2, 0.25) is 11.4 Å². The Kier molecular flexibility index (Phi) is 4.79. The van der Waals surface area contributed by atoms with Crippen molar-refractivity contribution in [3.63, 3.8) is 0 Å². The summed E-state index contributed by atoms with van der Waals surface area (Å²) < 4.78 is 32.9. The van der Waals surface area contributed by atoms with E-state index in [1.165, 1.54) is 19.2 Å². The van der Waals surface area contributed by atoms with Crippen LogP contribution < -0.4 is 15.4 Å². The molecule has 6 nitrogen and oxygen atoms in total. The molecular weight excluding hydrogens is 346 g/mol. The lowest BCUT2D eigenvalue weighted by Crippen LogP contribution is -2.50. The number of allylic oxidation sites excluding steroid dienone is 1. The highest BCUT2D eigenvalue weighted by atomic mass is 35.5. The first-order chi connectivity index (χ1) is 11.3. The van der Waals surface area contributed by atoms with E-state index in [0.29, 0.717) is 0 Å². The van der Waals surface area contributed by atoms with Crippen molar-refractivity contribution in [3.05, 3.63) is 52.3 Å². The zero-order valence-electron chi connectivity index (χ0n) is 12.6. The number of amides is 1. The zero-order chi connectivity index (χ0) is 18.1. The van der Waals surface area contributed by atoms with Crippen molar-refractivity contribution in [2.45, 2.75) is 12.5 Å². The first kappa shape index (κ1) is 17.7. The van der Waals surface area contributed by atoms with Gasteiger partial charge in [0.25, 0.3) is 0 Å². The van der Waals surface area contributed by atoms with Gasteiger partial charge in [0, 0.05) is 12.5 Å². The number of hydrogen-bond acceptors (Lipinski definition) is 4. The van der Waals surface area contributed by atoms with E-state index in [4.69, 9.17) is 11.6 Å². The van der Waals surface area contributed by atoms with Gasteiger partial charge < -0.3 is 20.5 Å². The number of methoxy groups -OCH3 is 1. The Hall–Kier alpha value is -2.61. The summed E-state index contributed by atoms with van der Waals surface area (Å²) in [6.07, 6.45) is 2.52. The lowest BCUT2D eigenvalue weighted by Gasteiger charge is -2.34. The molecule has 0 bridgehead atoms. The molecule has 1 atom stereocenters. The summed E-state index contributed by atoms with van der Waals surface area (Å²) in [7, 11) is 1.05. The zero-order valence-corrected chi connectivity index (χ0v) is 13.4. The van der Waals surface area contributed by atoms with Crippen LogP contribution in [0, 0.1) is 11.6 Å². The molecule has 1 aliphatic rings. The van der Waals surface area contributed by atoms with Gasteiger partial charge in [-0.25, -0.2) is 13.6 Å². The molecule has 1 unspecified atom stereocenters. The van der Waals surface area contributed by atoms with Gasteiger partial charge in [-0.15, -0.1) is 0 Å². The number of ether oxygens (including phenoxy) is 1. The molecule has 1 aromatic rings. The molecule has 3 N–H and O–H groups in total. The average molecular weight is 359 g/mol. The van der Waals surface area contributed by atoms with Crippen molar-refractivity contribution in [3.8, 4) is 5.75 Å². The van der Waals surface area contributed by atoms with Gasteiger partial charge in [-0.2, -0.15) is 0 Å². The fraction of sp³-hybridized carbons (Fsp3) is 0.200. The van der Waals surface area contributed by atoms with Crippen molar-refractivity contribution in [2.24, 2.45) is 0 Å². The van der Waals surface area contributed by atoms with Gasteiger partial charge in [-0.3, -0.25) is 4.79 Å².